The lowest BCUT2D eigenvalue weighted by Crippen LogP contribution is -1.89. The molecule has 0 fully saturated rings. The predicted octanol–water partition coefficient (Wildman–Crippen LogP) is 3.21. The van der Waals surface area contributed by atoms with Gasteiger partial charge in [0, 0.05) is 17.9 Å². The highest BCUT2D eigenvalue weighted by atomic mass is 32.2. The lowest BCUT2D eigenvalue weighted by molar-refractivity contribution is 1.17. The fraction of sp³-hybridized carbons (Fsp3) is 0.364. The van der Waals surface area contributed by atoms with E-state index in [0.29, 0.717) is 0 Å². The van der Waals surface area contributed by atoms with Crippen molar-refractivity contribution in [2.24, 2.45) is 4.99 Å². The van der Waals surface area contributed by atoms with Gasteiger partial charge < -0.3 is 0 Å². The van der Waals surface area contributed by atoms with Crippen molar-refractivity contribution in [3.8, 4) is 0 Å². The number of hydrogen-bond acceptors (Lipinski definition) is 2. The monoisotopic (exact) mass is 193 g/mol. The molecule has 1 heterocycles. The summed E-state index contributed by atoms with van der Waals surface area (Å²) in [6, 6.07) is 10.4. The highest BCUT2D eigenvalue weighted by Crippen LogP contribution is 2.18. The largest absolute Gasteiger partial charge is 0.277 e. The zero-order chi connectivity index (χ0) is 9.52. The van der Waals surface area contributed by atoms with Gasteiger partial charge in [-0.15, -0.1) is 11.8 Å². The fourth-order valence-corrected chi connectivity index (χ4v) is 1.95. The summed E-state index contributed by atoms with van der Waals surface area (Å²) < 4.78 is 0. The van der Waals surface area contributed by atoms with Crippen molar-refractivity contribution in [2.75, 3.05) is 12.3 Å². The van der Waals surface area contributed by atoms with Crippen LogP contribution in [0.5, 0.6) is 0 Å². The molecule has 1 aliphatic heterocycles. The maximum Gasteiger partial charge on any atom is 0.0977 e. The first-order valence-corrected chi connectivity index (χ1v) is 5.68. The van der Waals surface area contributed by atoms with Gasteiger partial charge in [0.05, 0.1) is 5.04 Å². The van der Waals surface area contributed by atoms with E-state index in [0.717, 1.165) is 12.3 Å². The summed E-state index contributed by atoms with van der Waals surface area (Å²) in [5.41, 5.74) is 1.26. The molecule has 0 unspecified atom stereocenters. The average molecular weight is 193 g/mol. The number of rotatable bonds is 1. The molecule has 0 N–H and O–H groups in total. The Balaban J connectivity index is 0.000000396. The molecule has 0 aromatic heterocycles. The molecule has 2 heteroatoms. The minimum absolute atomic E-state index is 0.981. The second-order valence-electron chi connectivity index (χ2n) is 2.40. The Kier molecular flexibility index (Phi) is 4.61. The van der Waals surface area contributed by atoms with E-state index in [1.807, 2.05) is 31.7 Å². The zero-order valence-electron chi connectivity index (χ0n) is 8.16. The molecule has 0 bridgehead atoms. The first kappa shape index (κ1) is 10.3. The first-order chi connectivity index (χ1) is 6.47. The molecule has 0 amide bonds. The second kappa shape index (κ2) is 5.81. The van der Waals surface area contributed by atoms with Crippen molar-refractivity contribution >= 4 is 16.8 Å². The molecular weight excluding hydrogens is 178 g/mol. The Morgan fingerprint density at radius 1 is 1.15 bits per heavy atom. The predicted molar refractivity (Wildman–Crippen MR) is 61.7 cm³/mol. The summed E-state index contributed by atoms with van der Waals surface area (Å²) in [5.74, 6) is 1.14. The molecule has 0 atom stereocenters. The third-order valence-electron chi connectivity index (χ3n) is 1.61. The summed E-state index contributed by atoms with van der Waals surface area (Å²) in [5, 5.41) is 1.20. The molecule has 13 heavy (non-hydrogen) atoms. The van der Waals surface area contributed by atoms with E-state index >= 15 is 0 Å². The zero-order valence-corrected chi connectivity index (χ0v) is 8.97. The van der Waals surface area contributed by atoms with E-state index in [2.05, 4.69) is 29.3 Å². The van der Waals surface area contributed by atoms with Gasteiger partial charge in [0.1, 0.15) is 0 Å². The number of nitrogens with zero attached hydrogens (tertiary/aromatic N) is 1. The van der Waals surface area contributed by atoms with Gasteiger partial charge in [-0.25, -0.2) is 0 Å². The average Bonchev–Trinajstić information content (AvgIpc) is 2.75. The Bertz CT molecular complexity index is 267. The molecular formula is C11H15NS. The summed E-state index contributed by atoms with van der Waals surface area (Å²) >= 11 is 1.85. The number of hydrogen-bond donors (Lipinski definition) is 0. The molecule has 1 aromatic carbocycles. The third-order valence-corrected chi connectivity index (χ3v) is 2.63. The molecule has 0 spiro atoms. The van der Waals surface area contributed by atoms with Crippen molar-refractivity contribution in [3.05, 3.63) is 35.9 Å². The molecule has 0 radical (unpaired) electrons. The summed E-state index contributed by atoms with van der Waals surface area (Å²) in [4.78, 5) is 4.39. The smallest absolute Gasteiger partial charge is 0.0977 e. The number of thioether (sulfide) groups is 1. The SMILES string of the molecule is CC.c1ccc(C2=NCCS2)cc1. The minimum Gasteiger partial charge on any atom is -0.277 e. The van der Waals surface area contributed by atoms with Crippen LogP contribution in [0.4, 0.5) is 0 Å². The Hall–Kier alpha value is -0.760. The fourth-order valence-electron chi connectivity index (χ4n) is 1.09. The lowest BCUT2D eigenvalue weighted by atomic mass is 10.2. The van der Waals surface area contributed by atoms with Crippen LogP contribution in [0, 0.1) is 0 Å². The summed E-state index contributed by atoms with van der Waals surface area (Å²) in [6.07, 6.45) is 0. The minimum atomic E-state index is 0.981. The summed E-state index contributed by atoms with van der Waals surface area (Å²) in [7, 11) is 0. The first-order valence-electron chi connectivity index (χ1n) is 4.69. The maximum atomic E-state index is 4.39. The summed E-state index contributed by atoms with van der Waals surface area (Å²) in [6.45, 7) is 4.98. The Morgan fingerprint density at radius 3 is 2.38 bits per heavy atom. The molecule has 0 saturated carbocycles. The van der Waals surface area contributed by atoms with Crippen LogP contribution in [0.15, 0.2) is 35.3 Å². The van der Waals surface area contributed by atoms with Gasteiger partial charge >= 0.3 is 0 Å². The van der Waals surface area contributed by atoms with Crippen LogP contribution in [-0.2, 0) is 0 Å². The van der Waals surface area contributed by atoms with Crippen LogP contribution in [0.1, 0.15) is 19.4 Å². The molecule has 0 saturated heterocycles. The number of aliphatic imine (C=N–C) groups is 1. The van der Waals surface area contributed by atoms with Gasteiger partial charge in [-0.05, 0) is 0 Å². The Labute approximate surface area is 84.3 Å². The highest BCUT2D eigenvalue weighted by molar-refractivity contribution is 8.14. The quantitative estimate of drug-likeness (QED) is 0.667. The van der Waals surface area contributed by atoms with Crippen LogP contribution >= 0.6 is 11.8 Å². The van der Waals surface area contributed by atoms with Crippen LogP contribution in [0.25, 0.3) is 0 Å². The van der Waals surface area contributed by atoms with Crippen LogP contribution < -0.4 is 0 Å². The standard InChI is InChI=1S/C9H9NS.C2H6/c1-2-4-8(5-3-1)9-10-6-7-11-9;1-2/h1-5H,6-7H2;1-2H3. The molecule has 1 nitrogen and oxygen atoms in total. The highest BCUT2D eigenvalue weighted by Gasteiger charge is 2.07. The van der Waals surface area contributed by atoms with Crippen LogP contribution in [0.3, 0.4) is 0 Å². The van der Waals surface area contributed by atoms with Crippen molar-refractivity contribution in [3.63, 3.8) is 0 Å². The van der Waals surface area contributed by atoms with E-state index < -0.39 is 0 Å². The van der Waals surface area contributed by atoms with Crippen LogP contribution in [0.2, 0.25) is 0 Å². The second-order valence-corrected chi connectivity index (χ2v) is 3.48. The van der Waals surface area contributed by atoms with E-state index in [4.69, 9.17) is 0 Å². The van der Waals surface area contributed by atoms with E-state index in [9.17, 15) is 0 Å². The van der Waals surface area contributed by atoms with Gasteiger partial charge in [0.25, 0.3) is 0 Å². The number of benzene rings is 1. The van der Waals surface area contributed by atoms with Crippen molar-refractivity contribution < 1.29 is 0 Å². The van der Waals surface area contributed by atoms with Gasteiger partial charge in [-0.1, -0.05) is 44.2 Å². The van der Waals surface area contributed by atoms with E-state index in [1.165, 1.54) is 10.6 Å². The normalized spacial score (nSPS) is 14.5. The van der Waals surface area contributed by atoms with Crippen molar-refractivity contribution in [1.29, 1.82) is 0 Å². The van der Waals surface area contributed by atoms with E-state index in [-0.39, 0.29) is 0 Å². The third kappa shape index (κ3) is 2.88. The Morgan fingerprint density at radius 2 is 1.85 bits per heavy atom. The molecule has 1 aromatic rings. The topological polar surface area (TPSA) is 12.4 Å². The maximum absolute atomic E-state index is 4.39. The molecule has 1 aliphatic rings. The van der Waals surface area contributed by atoms with Gasteiger partial charge in [-0.3, -0.25) is 4.99 Å². The van der Waals surface area contributed by atoms with E-state index in [1.54, 1.807) is 0 Å². The van der Waals surface area contributed by atoms with Crippen molar-refractivity contribution in [1.82, 2.24) is 0 Å². The lowest BCUT2D eigenvalue weighted by Gasteiger charge is -1.96. The molecule has 0 aliphatic carbocycles. The van der Waals surface area contributed by atoms with Gasteiger partial charge in [0.15, 0.2) is 0 Å². The van der Waals surface area contributed by atoms with Crippen LogP contribution in [-0.4, -0.2) is 17.3 Å². The van der Waals surface area contributed by atoms with Crippen molar-refractivity contribution in [2.45, 2.75) is 13.8 Å². The van der Waals surface area contributed by atoms with Gasteiger partial charge in [0.2, 0.25) is 0 Å². The van der Waals surface area contributed by atoms with Gasteiger partial charge in [-0.2, -0.15) is 0 Å². The molecule has 70 valence electrons. The molecule has 2 rings (SSSR count).